The van der Waals surface area contributed by atoms with Gasteiger partial charge in [-0.15, -0.1) is 0 Å². The third-order valence-electron chi connectivity index (χ3n) is 7.25. The van der Waals surface area contributed by atoms with Gasteiger partial charge in [-0.25, -0.2) is 14.4 Å². The van der Waals surface area contributed by atoms with Crippen LogP contribution in [0.1, 0.15) is 50.8 Å². The Labute approximate surface area is 412 Å². The van der Waals surface area contributed by atoms with Crippen LogP contribution >= 0.6 is 203 Å². The van der Waals surface area contributed by atoms with E-state index in [0.717, 1.165) is 14.3 Å². The van der Waals surface area contributed by atoms with Crippen molar-refractivity contribution < 1.29 is 51.3 Å². The van der Waals surface area contributed by atoms with Crippen LogP contribution in [0.2, 0.25) is 0 Å². The lowest BCUT2D eigenvalue weighted by Crippen LogP contribution is -2.52. The van der Waals surface area contributed by atoms with Gasteiger partial charge in [-0.2, -0.15) is 13.2 Å². The second-order valence-corrected chi connectivity index (χ2v) is 21.2. The summed E-state index contributed by atoms with van der Waals surface area (Å²) in [5, 5.41) is 0. The largest absolute Gasteiger partial charge is 0.458 e. The topological polar surface area (TPSA) is 105 Å². The SMILES string of the molecule is CC(OC(=O)C1C(OC(=O)c2cc(I)cc(I)c2I)CC(OC(=O)c2cc(I)cc(I)c2I)CC1OC(=O)c1cc(I)cc(I)c1I)C(F)(F)F. The van der Waals surface area contributed by atoms with E-state index in [-0.39, 0.29) is 29.5 Å². The van der Waals surface area contributed by atoms with Gasteiger partial charge in [0.15, 0.2) is 6.10 Å². The summed E-state index contributed by atoms with van der Waals surface area (Å²) in [6, 6.07) is 10.3. The molecule has 0 spiro atoms. The molecule has 3 aromatic carbocycles. The van der Waals surface area contributed by atoms with Crippen molar-refractivity contribution in [2.45, 2.75) is 50.4 Å². The van der Waals surface area contributed by atoms with E-state index < -0.39 is 60.4 Å². The van der Waals surface area contributed by atoms with Crippen molar-refractivity contribution in [2.24, 2.45) is 5.92 Å². The molecule has 1 aliphatic rings. The molecule has 1 saturated carbocycles. The van der Waals surface area contributed by atoms with Crippen LogP contribution in [0.3, 0.4) is 0 Å². The van der Waals surface area contributed by atoms with Gasteiger partial charge in [0.05, 0.1) is 16.7 Å². The minimum absolute atomic E-state index is 0.154. The van der Waals surface area contributed by atoms with Gasteiger partial charge < -0.3 is 18.9 Å². The lowest BCUT2D eigenvalue weighted by molar-refractivity contribution is -0.224. The number of hydrogen-bond donors (Lipinski definition) is 0. The van der Waals surface area contributed by atoms with E-state index in [2.05, 4.69) is 90.4 Å². The van der Waals surface area contributed by atoms with Crippen molar-refractivity contribution >= 4 is 227 Å². The quantitative estimate of drug-likeness (QED) is 0.0951. The summed E-state index contributed by atoms with van der Waals surface area (Å²) >= 11 is 18.3. The minimum Gasteiger partial charge on any atom is -0.458 e. The number of esters is 4. The molecule has 1 aliphatic carbocycles. The van der Waals surface area contributed by atoms with Crippen molar-refractivity contribution in [3.63, 3.8) is 0 Å². The molecule has 0 radical (unpaired) electrons. The lowest BCUT2D eigenvalue weighted by atomic mass is 9.81. The van der Waals surface area contributed by atoms with Crippen LogP contribution in [0.4, 0.5) is 13.2 Å². The first-order valence-corrected chi connectivity index (χ1v) is 23.7. The van der Waals surface area contributed by atoms with Crippen molar-refractivity contribution in [1.82, 2.24) is 0 Å². The fourth-order valence-corrected chi connectivity index (χ4v) is 12.0. The Morgan fingerprint density at radius 2 is 0.941 bits per heavy atom. The number of benzene rings is 3. The average Bonchev–Trinajstić information content (AvgIpc) is 3.01. The standard InChI is InChI=1S/C31H18F3I9O8/c1-10(31(32,33)34)48-30(47)23-21(50-28(45)16-3-12(36)6-19(39)25(16)42)8-14(49-27(44)15-2-11(35)5-18(38)24(15)41)9-22(23)51-29(46)17-4-13(37)7-20(40)26(17)43/h2-7,10,14,21-23H,8-9H2,1H3. The summed E-state index contributed by atoms with van der Waals surface area (Å²) in [5.41, 5.74) is 0.572. The van der Waals surface area contributed by atoms with Crippen LogP contribution in [-0.4, -0.2) is 54.5 Å². The van der Waals surface area contributed by atoms with E-state index >= 15 is 0 Å². The number of alkyl halides is 3. The third-order valence-corrected chi connectivity index (χ3v) is 18.3. The number of hydrogen-bond acceptors (Lipinski definition) is 8. The van der Waals surface area contributed by atoms with Crippen LogP contribution in [0.25, 0.3) is 0 Å². The monoisotopic (exact) mass is 1720 g/mol. The molecule has 8 nitrogen and oxygen atoms in total. The first-order chi connectivity index (χ1) is 23.7. The Bertz CT molecular complexity index is 1810. The van der Waals surface area contributed by atoms with Gasteiger partial charge in [-0.1, -0.05) is 0 Å². The number of carbonyl (C=O) groups is 4. The lowest BCUT2D eigenvalue weighted by Gasteiger charge is -2.39. The maximum absolute atomic E-state index is 13.7. The predicted molar refractivity (Wildman–Crippen MR) is 256 cm³/mol. The fourth-order valence-electron chi connectivity index (χ4n) is 4.84. The Hall–Kier alpha value is 1.90. The number of rotatable bonds is 8. The first kappa shape index (κ1) is 45.6. The zero-order valence-electron chi connectivity index (χ0n) is 25.1. The molecule has 0 saturated heterocycles. The van der Waals surface area contributed by atoms with E-state index in [1.807, 2.05) is 131 Å². The number of ether oxygens (including phenoxy) is 4. The predicted octanol–water partition coefficient (Wildman–Crippen LogP) is 11.0. The van der Waals surface area contributed by atoms with Gasteiger partial charge in [-0.05, 0) is 247 Å². The highest BCUT2D eigenvalue weighted by Gasteiger charge is 2.51. The van der Waals surface area contributed by atoms with Crippen LogP contribution in [0.15, 0.2) is 36.4 Å². The summed E-state index contributed by atoms with van der Waals surface area (Å²) in [6.45, 7) is 0.671. The van der Waals surface area contributed by atoms with Crippen molar-refractivity contribution in [2.75, 3.05) is 0 Å². The van der Waals surface area contributed by atoms with E-state index in [4.69, 9.17) is 18.9 Å². The molecule has 3 aromatic rings. The molecule has 51 heavy (non-hydrogen) atoms. The normalized spacial score (nSPS) is 19.5. The van der Waals surface area contributed by atoms with Gasteiger partial charge in [0, 0.05) is 45.0 Å². The second kappa shape index (κ2) is 19.6. The fraction of sp³-hybridized carbons (Fsp3) is 0.290. The van der Waals surface area contributed by atoms with Gasteiger partial charge in [-0.3, -0.25) is 4.79 Å². The third kappa shape index (κ3) is 12.0. The molecule has 4 rings (SSSR count). The Kier molecular flexibility index (Phi) is 17.5. The van der Waals surface area contributed by atoms with E-state index in [0.29, 0.717) is 24.8 Å². The molecule has 0 aromatic heterocycles. The highest BCUT2D eigenvalue weighted by Crippen LogP contribution is 2.37. The van der Waals surface area contributed by atoms with Crippen LogP contribution in [0, 0.1) is 38.0 Å². The molecule has 20 heteroatoms. The molecular weight excluding hydrogens is 1700 g/mol. The molecule has 0 heterocycles. The van der Waals surface area contributed by atoms with E-state index in [1.165, 1.54) is 0 Å². The summed E-state index contributed by atoms with van der Waals surface area (Å²) in [5.74, 6) is -5.55. The summed E-state index contributed by atoms with van der Waals surface area (Å²) in [6.07, 6.45) is -12.1. The van der Waals surface area contributed by atoms with Crippen LogP contribution in [0.5, 0.6) is 0 Å². The molecule has 1 fully saturated rings. The van der Waals surface area contributed by atoms with Crippen LogP contribution in [-0.2, 0) is 23.7 Å². The molecule has 0 amide bonds. The molecule has 3 unspecified atom stereocenters. The Morgan fingerprint density at radius 1 is 0.608 bits per heavy atom. The first-order valence-electron chi connectivity index (χ1n) is 14.0. The average molecular weight is 1720 g/mol. The van der Waals surface area contributed by atoms with Gasteiger partial charge in [0.1, 0.15) is 24.2 Å². The van der Waals surface area contributed by atoms with Gasteiger partial charge >= 0.3 is 30.1 Å². The molecule has 0 N–H and O–H groups in total. The second-order valence-electron chi connectivity index (χ2n) is 10.8. The molecular formula is C31H18F3I9O8. The number of carbonyl (C=O) groups excluding carboxylic acids is 4. The smallest absolute Gasteiger partial charge is 0.425 e. The van der Waals surface area contributed by atoms with E-state index in [9.17, 15) is 32.3 Å². The van der Waals surface area contributed by atoms with E-state index in [1.54, 1.807) is 18.2 Å². The zero-order chi connectivity index (χ0) is 38.1. The maximum Gasteiger partial charge on any atom is 0.425 e. The molecule has 274 valence electrons. The van der Waals surface area contributed by atoms with Crippen molar-refractivity contribution in [3.8, 4) is 0 Å². The van der Waals surface area contributed by atoms with Crippen molar-refractivity contribution in [3.05, 3.63) is 85.2 Å². The highest BCUT2D eigenvalue weighted by molar-refractivity contribution is 14.1. The molecule has 3 atom stereocenters. The summed E-state index contributed by atoms with van der Waals surface area (Å²) in [4.78, 5) is 54.8. The van der Waals surface area contributed by atoms with Crippen molar-refractivity contribution in [1.29, 1.82) is 0 Å². The maximum atomic E-state index is 13.7. The Balaban J connectivity index is 1.80. The zero-order valence-corrected chi connectivity index (χ0v) is 44.5. The van der Waals surface area contributed by atoms with Crippen LogP contribution < -0.4 is 0 Å². The molecule has 0 aliphatic heterocycles. The summed E-state index contributed by atoms with van der Waals surface area (Å²) < 4.78 is 69.7. The number of halogens is 12. The highest BCUT2D eigenvalue weighted by atomic mass is 127. The van der Waals surface area contributed by atoms with Gasteiger partial charge in [0.2, 0.25) is 0 Å². The van der Waals surface area contributed by atoms with Gasteiger partial charge in [0.25, 0.3) is 0 Å². The minimum atomic E-state index is -4.90. The summed E-state index contributed by atoms with van der Waals surface area (Å²) in [7, 11) is 0. The molecule has 0 bridgehead atoms. The Morgan fingerprint density at radius 3 is 1.27 bits per heavy atom.